The van der Waals surface area contributed by atoms with Crippen molar-refractivity contribution in [2.24, 2.45) is 0 Å². The number of nitriles is 1. The molecule has 2 aromatic rings. The molecule has 0 saturated carbocycles. The first-order chi connectivity index (χ1) is 10.2. The number of anilines is 2. The normalized spacial score (nSPS) is 9.71. The van der Waals surface area contributed by atoms with E-state index in [1.54, 1.807) is 36.4 Å². The monoisotopic (exact) mass is 281 g/mol. The Morgan fingerprint density at radius 2 is 2.10 bits per heavy atom. The van der Waals surface area contributed by atoms with Crippen molar-refractivity contribution >= 4 is 17.3 Å². The van der Waals surface area contributed by atoms with E-state index in [0.29, 0.717) is 34.9 Å². The number of nitrogens with two attached hydrogens (primary N) is 1. The van der Waals surface area contributed by atoms with Crippen LogP contribution in [0.2, 0.25) is 0 Å². The molecule has 0 aliphatic rings. The molecule has 0 aliphatic carbocycles. The minimum Gasteiger partial charge on any atom is -0.493 e. The molecule has 0 aromatic heterocycles. The van der Waals surface area contributed by atoms with E-state index >= 15 is 0 Å². The number of nitrogens with one attached hydrogen (secondary N) is 1. The third-order valence-corrected chi connectivity index (χ3v) is 2.84. The van der Waals surface area contributed by atoms with Gasteiger partial charge in [0.05, 0.1) is 23.4 Å². The molecular weight excluding hydrogens is 266 g/mol. The quantitative estimate of drug-likeness (QED) is 0.843. The van der Waals surface area contributed by atoms with Gasteiger partial charge in [-0.1, -0.05) is 12.1 Å². The second-order valence-electron chi connectivity index (χ2n) is 4.30. The molecule has 2 rings (SSSR count). The Morgan fingerprint density at radius 3 is 2.81 bits per heavy atom. The average molecular weight is 281 g/mol. The van der Waals surface area contributed by atoms with Gasteiger partial charge in [0, 0.05) is 5.69 Å². The van der Waals surface area contributed by atoms with Gasteiger partial charge in [-0.3, -0.25) is 4.79 Å². The highest BCUT2D eigenvalue weighted by atomic mass is 16.5. The molecule has 0 spiro atoms. The van der Waals surface area contributed by atoms with Crippen molar-refractivity contribution in [2.75, 3.05) is 17.7 Å². The van der Waals surface area contributed by atoms with Crippen molar-refractivity contribution in [2.45, 2.75) is 6.92 Å². The molecule has 5 nitrogen and oxygen atoms in total. The van der Waals surface area contributed by atoms with E-state index in [9.17, 15) is 4.79 Å². The number of carbonyl (C=O) groups is 1. The van der Waals surface area contributed by atoms with Gasteiger partial charge in [0.2, 0.25) is 0 Å². The largest absolute Gasteiger partial charge is 0.493 e. The maximum atomic E-state index is 12.3. The summed E-state index contributed by atoms with van der Waals surface area (Å²) >= 11 is 0. The smallest absolute Gasteiger partial charge is 0.259 e. The highest BCUT2D eigenvalue weighted by molar-refractivity contribution is 6.06. The SMILES string of the molecule is CCOc1ccccc1C(=O)Nc1ccc(N)cc1C#N. The second-order valence-corrected chi connectivity index (χ2v) is 4.30. The van der Waals surface area contributed by atoms with Crippen molar-refractivity contribution in [3.8, 4) is 11.8 Å². The van der Waals surface area contributed by atoms with Crippen LogP contribution in [0.3, 0.4) is 0 Å². The maximum Gasteiger partial charge on any atom is 0.259 e. The van der Waals surface area contributed by atoms with Crippen LogP contribution in [-0.4, -0.2) is 12.5 Å². The fraction of sp³-hybridized carbons (Fsp3) is 0.125. The zero-order valence-electron chi connectivity index (χ0n) is 11.6. The van der Waals surface area contributed by atoms with E-state index in [1.165, 1.54) is 6.07 Å². The van der Waals surface area contributed by atoms with E-state index in [2.05, 4.69) is 5.32 Å². The van der Waals surface area contributed by atoms with Gasteiger partial charge in [0.1, 0.15) is 11.8 Å². The lowest BCUT2D eigenvalue weighted by atomic mass is 10.1. The Hall–Kier alpha value is -3.00. The number of carbonyl (C=O) groups excluding carboxylic acids is 1. The molecule has 3 N–H and O–H groups in total. The molecule has 0 aliphatic heterocycles. The van der Waals surface area contributed by atoms with E-state index in [-0.39, 0.29) is 5.91 Å². The summed E-state index contributed by atoms with van der Waals surface area (Å²) in [4.78, 5) is 12.3. The number of amides is 1. The fourth-order valence-corrected chi connectivity index (χ4v) is 1.89. The number of hydrogen-bond donors (Lipinski definition) is 2. The summed E-state index contributed by atoms with van der Waals surface area (Å²) in [6.07, 6.45) is 0. The number of rotatable bonds is 4. The lowest BCUT2D eigenvalue weighted by molar-refractivity contribution is 0.102. The summed E-state index contributed by atoms with van der Waals surface area (Å²) in [5.74, 6) is 0.173. The molecule has 0 bridgehead atoms. The minimum atomic E-state index is -0.333. The molecule has 21 heavy (non-hydrogen) atoms. The number of para-hydroxylation sites is 1. The van der Waals surface area contributed by atoms with E-state index in [1.807, 2.05) is 13.0 Å². The fourth-order valence-electron chi connectivity index (χ4n) is 1.89. The van der Waals surface area contributed by atoms with Gasteiger partial charge in [-0.15, -0.1) is 0 Å². The van der Waals surface area contributed by atoms with Crippen LogP contribution in [0, 0.1) is 11.3 Å². The van der Waals surface area contributed by atoms with Crippen LogP contribution in [0.25, 0.3) is 0 Å². The maximum absolute atomic E-state index is 12.3. The lowest BCUT2D eigenvalue weighted by Crippen LogP contribution is -2.14. The summed E-state index contributed by atoms with van der Waals surface area (Å²) in [7, 11) is 0. The first-order valence-electron chi connectivity index (χ1n) is 6.48. The van der Waals surface area contributed by atoms with Crippen LogP contribution < -0.4 is 15.8 Å². The van der Waals surface area contributed by atoms with Crippen molar-refractivity contribution in [1.82, 2.24) is 0 Å². The summed E-state index contributed by atoms with van der Waals surface area (Å²) in [5, 5.41) is 11.8. The van der Waals surface area contributed by atoms with Crippen LogP contribution in [-0.2, 0) is 0 Å². The van der Waals surface area contributed by atoms with Crippen LogP contribution in [0.15, 0.2) is 42.5 Å². The van der Waals surface area contributed by atoms with Crippen molar-refractivity contribution in [3.63, 3.8) is 0 Å². The summed E-state index contributed by atoms with van der Waals surface area (Å²) in [6, 6.07) is 13.7. The molecule has 0 unspecified atom stereocenters. The molecule has 0 radical (unpaired) electrons. The van der Waals surface area contributed by atoms with Crippen LogP contribution in [0.1, 0.15) is 22.8 Å². The molecular formula is C16H15N3O2. The molecule has 2 aromatic carbocycles. The number of nitrogen functional groups attached to an aromatic ring is 1. The van der Waals surface area contributed by atoms with E-state index in [4.69, 9.17) is 15.7 Å². The summed E-state index contributed by atoms with van der Waals surface area (Å²) < 4.78 is 5.43. The first-order valence-corrected chi connectivity index (χ1v) is 6.48. The number of benzene rings is 2. The van der Waals surface area contributed by atoms with Gasteiger partial charge in [0.15, 0.2) is 0 Å². The molecule has 106 valence electrons. The number of hydrogen-bond acceptors (Lipinski definition) is 4. The highest BCUT2D eigenvalue weighted by Gasteiger charge is 2.13. The Bertz CT molecular complexity index is 705. The van der Waals surface area contributed by atoms with Gasteiger partial charge < -0.3 is 15.8 Å². The Labute approximate surface area is 123 Å². The van der Waals surface area contributed by atoms with Gasteiger partial charge in [0.25, 0.3) is 5.91 Å². The van der Waals surface area contributed by atoms with Gasteiger partial charge >= 0.3 is 0 Å². The standard InChI is InChI=1S/C16H15N3O2/c1-2-21-15-6-4-3-5-13(15)16(20)19-14-8-7-12(18)9-11(14)10-17/h3-9H,2,18H2,1H3,(H,19,20). The third kappa shape index (κ3) is 3.31. The van der Waals surface area contributed by atoms with Crippen LogP contribution in [0.5, 0.6) is 5.75 Å². The third-order valence-electron chi connectivity index (χ3n) is 2.84. The van der Waals surface area contributed by atoms with E-state index < -0.39 is 0 Å². The molecule has 1 amide bonds. The number of nitrogens with zero attached hydrogens (tertiary/aromatic N) is 1. The van der Waals surface area contributed by atoms with Gasteiger partial charge in [-0.25, -0.2) is 0 Å². The van der Waals surface area contributed by atoms with Gasteiger partial charge in [-0.2, -0.15) is 5.26 Å². The van der Waals surface area contributed by atoms with Gasteiger partial charge in [-0.05, 0) is 37.3 Å². The number of ether oxygens (including phenoxy) is 1. The van der Waals surface area contributed by atoms with Crippen molar-refractivity contribution < 1.29 is 9.53 Å². The lowest BCUT2D eigenvalue weighted by Gasteiger charge is -2.11. The highest BCUT2D eigenvalue weighted by Crippen LogP contribution is 2.22. The average Bonchev–Trinajstić information content (AvgIpc) is 2.49. The first kappa shape index (κ1) is 14.4. The molecule has 0 heterocycles. The summed E-state index contributed by atoms with van der Waals surface area (Å²) in [6.45, 7) is 2.32. The van der Waals surface area contributed by atoms with E-state index in [0.717, 1.165) is 0 Å². The van der Waals surface area contributed by atoms with Crippen LogP contribution in [0.4, 0.5) is 11.4 Å². The Morgan fingerprint density at radius 1 is 1.33 bits per heavy atom. The predicted octanol–water partition coefficient (Wildman–Crippen LogP) is 2.79. The zero-order chi connectivity index (χ0) is 15.2. The Balaban J connectivity index is 2.29. The molecule has 0 atom stereocenters. The van der Waals surface area contributed by atoms with Crippen molar-refractivity contribution in [3.05, 3.63) is 53.6 Å². The topological polar surface area (TPSA) is 88.1 Å². The molecule has 0 saturated heterocycles. The molecule has 5 heteroatoms. The minimum absolute atomic E-state index is 0.317. The Kier molecular flexibility index (Phi) is 4.42. The molecule has 0 fully saturated rings. The van der Waals surface area contributed by atoms with Crippen molar-refractivity contribution in [1.29, 1.82) is 5.26 Å². The van der Waals surface area contributed by atoms with Crippen LogP contribution >= 0.6 is 0 Å². The summed E-state index contributed by atoms with van der Waals surface area (Å²) in [5.41, 5.74) is 7.25. The second kappa shape index (κ2) is 6.44. The zero-order valence-corrected chi connectivity index (χ0v) is 11.6. The predicted molar refractivity (Wildman–Crippen MR) is 81.1 cm³/mol.